The molecule has 22 heavy (non-hydrogen) atoms. The number of amides is 1. The van der Waals surface area contributed by atoms with Crippen molar-refractivity contribution in [2.24, 2.45) is 0 Å². The summed E-state index contributed by atoms with van der Waals surface area (Å²) in [7, 11) is 0. The SMILES string of the molecule is O=C(CCCc1nc2ccccc2s1)NC1(CO)CCCC1. The molecule has 0 unspecified atom stereocenters. The van der Waals surface area contributed by atoms with Gasteiger partial charge in [-0.15, -0.1) is 11.3 Å². The summed E-state index contributed by atoms with van der Waals surface area (Å²) in [6.07, 6.45) is 6.10. The highest BCUT2D eigenvalue weighted by atomic mass is 32.1. The Kier molecular flexibility index (Phi) is 4.74. The number of thiazole rings is 1. The maximum Gasteiger partial charge on any atom is 0.220 e. The maximum absolute atomic E-state index is 12.1. The van der Waals surface area contributed by atoms with Gasteiger partial charge in [0.25, 0.3) is 0 Å². The van der Waals surface area contributed by atoms with Gasteiger partial charge in [-0.1, -0.05) is 25.0 Å². The van der Waals surface area contributed by atoms with Crippen molar-refractivity contribution in [1.82, 2.24) is 10.3 Å². The molecule has 0 atom stereocenters. The van der Waals surface area contributed by atoms with Crippen molar-refractivity contribution >= 4 is 27.5 Å². The lowest BCUT2D eigenvalue weighted by molar-refractivity contribution is -0.123. The van der Waals surface area contributed by atoms with Crippen LogP contribution in [-0.4, -0.2) is 28.1 Å². The zero-order valence-corrected chi connectivity index (χ0v) is 13.5. The molecule has 2 N–H and O–H groups in total. The van der Waals surface area contributed by atoms with Gasteiger partial charge in [0.05, 0.1) is 27.4 Å². The third kappa shape index (κ3) is 3.47. The van der Waals surface area contributed by atoms with Gasteiger partial charge in [-0.3, -0.25) is 4.79 Å². The van der Waals surface area contributed by atoms with Gasteiger partial charge >= 0.3 is 0 Å². The number of aromatic nitrogens is 1. The quantitative estimate of drug-likeness (QED) is 0.860. The molecular weight excluding hydrogens is 296 g/mol. The van der Waals surface area contributed by atoms with E-state index in [-0.39, 0.29) is 18.1 Å². The summed E-state index contributed by atoms with van der Waals surface area (Å²) in [6, 6.07) is 8.12. The van der Waals surface area contributed by atoms with Gasteiger partial charge in [0.15, 0.2) is 0 Å². The minimum Gasteiger partial charge on any atom is -0.394 e. The van der Waals surface area contributed by atoms with Gasteiger partial charge in [0, 0.05) is 6.42 Å². The van der Waals surface area contributed by atoms with Crippen LogP contribution in [0.3, 0.4) is 0 Å². The molecule has 0 radical (unpaired) electrons. The van der Waals surface area contributed by atoms with Crippen molar-refractivity contribution in [3.63, 3.8) is 0 Å². The first-order valence-electron chi connectivity index (χ1n) is 7.97. The number of nitrogens with one attached hydrogen (secondary N) is 1. The fourth-order valence-electron chi connectivity index (χ4n) is 3.16. The van der Waals surface area contributed by atoms with E-state index in [0.717, 1.165) is 49.0 Å². The van der Waals surface area contributed by atoms with Gasteiger partial charge in [0.1, 0.15) is 0 Å². The summed E-state index contributed by atoms with van der Waals surface area (Å²) >= 11 is 1.70. The summed E-state index contributed by atoms with van der Waals surface area (Å²) in [5.41, 5.74) is 0.685. The van der Waals surface area contributed by atoms with Crippen molar-refractivity contribution in [3.05, 3.63) is 29.3 Å². The second kappa shape index (κ2) is 6.75. The Morgan fingerprint density at radius 1 is 1.32 bits per heavy atom. The summed E-state index contributed by atoms with van der Waals surface area (Å²) in [6.45, 7) is 0.0522. The summed E-state index contributed by atoms with van der Waals surface area (Å²) in [5, 5.41) is 13.7. The summed E-state index contributed by atoms with van der Waals surface area (Å²) in [5.74, 6) is 0.0528. The third-order valence-electron chi connectivity index (χ3n) is 4.40. The van der Waals surface area contributed by atoms with Crippen LogP contribution in [0.25, 0.3) is 10.2 Å². The van der Waals surface area contributed by atoms with Crippen LogP contribution in [0, 0.1) is 0 Å². The van der Waals surface area contributed by atoms with Crippen LogP contribution in [0.2, 0.25) is 0 Å². The highest BCUT2D eigenvalue weighted by Crippen LogP contribution is 2.29. The number of para-hydroxylation sites is 1. The van der Waals surface area contributed by atoms with Crippen LogP contribution in [0.1, 0.15) is 43.5 Å². The highest BCUT2D eigenvalue weighted by Gasteiger charge is 2.34. The van der Waals surface area contributed by atoms with Crippen molar-refractivity contribution in [2.45, 2.75) is 50.5 Å². The first kappa shape index (κ1) is 15.4. The molecule has 1 fully saturated rings. The van der Waals surface area contributed by atoms with Crippen LogP contribution in [0.5, 0.6) is 0 Å². The lowest BCUT2D eigenvalue weighted by Crippen LogP contribution is -2.49. The standard InChI is InChI=1S/C17H22N2O2S/c20-12-17(10-3-4-11-17)19-15(21)8-5-9-16-18-13-6-1-2-7-14(13)22-16/h1-2,6-7,20H,3-5,8-12H2,(H,19,21). The molecule has 0 aliphatic heterocycles. The molecule has 3 rings (SSSR count). The number of rotatable bonds is 6. The lowest BCUT2D eigenvalue weighted by Gasteiger charge is -2.27. The first-order chi connectivity index (χ1) is 10.7. The fourth-order valence-corrected chi connectivity index (χ4v) is 4.17. The predicted octanol–water partition coefficient (Wildman–Crippen LogP) is 3.04. The number of aliphatic hydroxyl groups is 1. The smallest absolute Gasteiger partial charge is 0.220 e. The number of hydrogen-bond donors (Lipinski definition) is 2. The van der Waals surface area contributed by atoms with E-state index in [2.05, 4.69) is 16.4 Å². The van der Waals surface area contributed by atoms with Gasteiger partial charge in [0.2, 0.25) is 5.91 Å². The Morgan fingerprint density at radius 2 is 2.09 bits per heavy atom. The van der Waals surface area contributed by atoms with Crippen LogP contribution >= 0.6 is 11.3 Å². The van der Waals surface area contributed by atoms with E-state index >= 15 is 0 Å². The van der Waals surface area contributed by atoms with E-state index < -0.39 is 0 Å². The molecule has 118 valence electrons. The fraction of sp³-hybridized carbons (Fsp3) is 0.529. The molecule has 5 heteroatoms. The monoisotopic (exact) mass is 318 g/mol. The van der Waals surface area contributed by atoms with Crippen molar-refractivity contribution in [1.29, 1.82) is 0 Å². The largest absolute Gasteiger partial charge is 0.394 e. The molecule has 1 amide bonds. The van der Waals surface area contributed by atoms with Crippen molar-refractivity contribution in [2.75, 3.05) is 6.61 Å². The minimum absolute atomic E-state index is 0.0522. The Hall–Kier alpha value is -1.46. The number of aliphatic hydroxyl groups excluding tert-OH is 1. The lowest BCUT2D eigenvalue weighted by atomic mass is 9.98. The van der Waals surface area contributed by atoms with E-state index in [1.807, 2.05) is 18.2 Å². The van der Waals surface area contributed by atoms with Gasteiger partial charge in [-0.2, -0.15) is 0 Å². The van der Waals surface area contributed by atoms with Crippen molar-refractivity contribution < 1.29 is 9.90 Å². The molecule has 1 aromatic heterocycles. The van der Waals surface area contributed by atoms with E-state index in [4.69, 9.17) is 0 Å². The molecule has 1 aliphatic carbocycles. The van der Waals surface area contributed by atoms with Crippen LogP contribution in [0.4, 0.5) is 0 Å². The molecule has 2 aromatic rings. The number of fused-ring (bicyclic) bond motifs is 1. The van der Waals surface area contributed by atoms with Gasteiger partial charge < -0.3 is 10.4 Å². The molecule has 1 aliphatic rings. The Morgan fingerprint density at radius 3 is 2.82 bits per heavy atom. The van der Waals surface area contributed by atoms with Crippen LogP contribution < -0.4 is 5.32 Å². The minimum atomic E-state index is -0.354. The zero-order valence-electron chi connectivity index (χ0n) is 12.7. The number of carbonyl (C=O) groups is 1. The Labute approximate surface area is 134 Å². The van der Waals surface area contributed by atoms with Crippen LogP contribution in [0.15, 0.2) is 24.3 Å². The van der Waals surface area contributed by atoms with E-state index in [1.54, 1.807) is 11.3 Å². The van der Waals surface area contributed by atoms with Gasteiger partial charge in [-0.25, -0.2) is 4.98 Å². The average Bonchev–Trinajstić information content (AvgIpc) is 3.14. The zero-order chi connectivity index (χ0) is 15.4. The van der Waals surface area contributed by atoms with Crippen LogP contribution in [-0.2, 0) is 11.2 Å². The second-order valence-electron chi connectivity index (χ2n) is 6.12. The highest BCUT2D eigenvalue weighted by molar-refractivity contribution is 7.18. The molecule has 4 nitrogen and oxygen atoms in total. The van der Waals surface area contributed by atoms with E-state index in [1.165, 1.54) is 4.70 Å². The average molecular weight is 318 g/mol. The number of hydrogen-bond acceptors (Lipinski definition) is 4. The normalized spacial score (nSPS) is 17.0. The van der Waals surface area contributed by atoms with Crippen molar-refractivity contribution in [3.8, 4) is 0 Å². The number of benzene rings is 1. The molecule has 1 heterocycles. The number of carbonyl (C=O) groups excluding carboxylic acids is 1. The number of aryl methyl sites for hydroxylation is 1. The van der Waals surface area contributed by atoms with E-state index in [9.17, 15) is 9.90 Å². The molecule has 0 bridgehead atoms. The van der Waals surface area contributed by atoms with Gasteiger partial charge in [-0.05, 0) is 37.8 Å². The summed E-state index contributed by atoms with van der Waals surface area (Å²) in [4.78, 5) is 16.7. The molecule has 0 saturated heterocycles. The Balaban J connectivity index is 1.49. The Bertz CT molecular complexity index is 614. The second-order valence-corrected chi connectivity index (χ2v) is 7.24. The third-order valence-corrected chi connectivity index (χ3v) is 5.50. The maximum atomic E-state index is 12.1. The molecule has 1 aromatic carbocycles. The first-order valence-corrected chi connectivity index (χ1v) is 8.79. The predicted molar refractivity (Wildman–Crippen MR) is 89.0 cm³/mol. The molecule has 1 saturated carbocycles. The summed E-state index contributed by atoms with van der Waals surface area (Å²) < 4.78 is 1.20. The van der Waals surface area contributed by atoms with E-state index in [0.29, 0.717) is 6.42 Å². The molecule has 0 spiro atoms. The molecular formula is C17H22N2O2S. The number of nitrogens with zero attached hydrogens (tertiary/aromatic N) is 1. The topological polar surface area (TPSA) is 62.2 Å².